The smallest absolute Gasteiger partial charge is 0.359 e. The molecule has 0 aliphatic carbocycles. The second-order valence-electron chi connectivity index (χ2n) is 6.78. The van der Waals surface area contributed by atoms with Gasteiger partial charge in [-0.15, -0.1) is 0 Å². The summed E-state index contributed by atoms with van der Waals surface area (Å²) >= 11 is 3.32. The Kier molecular flexibility index (Phi) is 5.77. The average Bonchev–Trinajstić information content (AvgIpc) is 3.14. The molecule has 0 atom stereocenters. The highest BCUT2D eigenvalue weighted by atomic mass is 79.9. The molecule has 7 nitrogen and oxygen atoms in total. The van der Waals surface area contributed by atoms with E-state index in [4.69, 9.17) is 4.74 Å². The van der Waals surface area contributed by atoms with Crippen LogP contribution in [0.1, 0.15) is 28.7 Å². The van der Waals surface area contributed by atoms with Crippen LogP contribution in [0.3, 0.4) is 0 Å². The Bertz CT molecular complexity index is 1170. The first kappa shape index (κ1) is 20.8. The second-order valence-corrected chi connectivity index (χ2v) is 9.64. The number of carbonyl (C=O) groups is 1. The summed E-state index contributed by atoms with van der Waals surface area (Å²) in [4.78, 5) is 12.8. The van der Waals surface area contributed by atoms with Gasteiger partial charge < -0.3 is 4.74 Å². The lowest BCUT2D eigenvalue weighted by molar-refractivity contribution is 0.0517. The molecule has 0 spiro atoms. The molecular weight excluding hydrogens is 470 g/mol. The zero-order valence-corrected chi connectivity index (χ0v) is 18.7. The predicted molar refractivity (Wildman–Crippen MR) is 115 cm³/mol. The van der Waals surface area contributed by atoms with Crippen molar-refractivity contribution in [3.63, 3.8) is 0 Å². The van der Waals surface area contributed by atoms with Gasteiger partial charge in [-0.3, -0.25) is 0 Å². The molecule has 9 heteroatoms. The van der Waals surface area contributed by atoms with Gasteiger partial charge in [0.2, 0.25) is 10.0 Å². The van der Waals surface area contributed by atoms with Gasteiger partial charge in [-0.25, -0.2) is 17.9 Å². The number of carbonyl (C=O) groups excluding carboxylic acids is 1. The molecular formula is C21H20BrN3O4S. The van der Waals surface area contributed by atoms with E-state index < -0.39 is 16.0 Å². The maximum absolute atomic E-state index is 13.2. The van der Waals surface area contributed by atoms with Crippen LogP contribution in [-0.2, 0) is 27.7 Å². The summed E-state index contributed by atoms with van der Waals surface area (Å²) in [7, 11) is -3.71. The summed E-state index contributed by atoms with van der Waals surface area (Å²) in [5.74, 6) is -0.550. The third kappa shape index (κ3) is 3.80. The van der Waals surface area contributed by atoms with Crippen LogP contribution >= 0.6 is 15.9 Å². The number of para-hydroxylation sites is 1. The first-order valence-corrected chi connectivity index (χ1v) is 11.7. The van der Waals surface area contributed by atoms with Crippen molar-refractivity contribution >= 4 is 31.9 Å². The van der Waals surface area contributed by atoms with Gasteiger partial charge in [0.25, 0.3) is 0 Å². The van der Waals surface area contributed by atoms with E-state index in [1.54, 1.807) is 35.9 Å². The lowest BCUT2D eigenvalue weighted by Crippen LogP contribution is -2.36. The molecule has 156 valence electrons. The normalized spacial score (nSPS) is 14.3. The van der Waals surface area contributed by atoms with Gasteiger partial charge in [0.1, 0.15) is 0 Å². The summed E-state index contributed by atoms with van der Waals surface area (Å²) in [6.07, 6.45) is 0.437. The zero-order valence-electron chi connectivity index (χ0n) is 16.3. The Labute approximate surface area is 183 Å². The van der Waals surface area contributed by atoms with Crippen LogP contribution < -0.4 is 0 Å². The van der Waals surface area contributed by atoms with Gasteiger partial charge in [-0.1, -0.05) is 34.1 Å². The van der Waals surface area contributed by atoms with E-state index in [1.807, 2.05) is 30.3 Å². The molecule has 1 aliphatic heterocycles. The predicted octanol–water partition coefficient (Wildman–Crippen LogP) is 3.56. The van der Waals surface area contributed by atoms with Crippen LogP contribution in [0.2, 0.25) is 0 Å². The highest BCUT2D eigenvalue weighted by Crippen LogP contribution is 2.29. The Morgan fingerprint density at radius 3 is 2.50 bits per heavy atom. The minimum Gasteiger partial charge on any atom is -0.461 e. The molecule has 4 rings (SSSR count). The average molecular weight is 490 g/mol. The maximum Gasteiger partial charge on any atom is 0.359 e. The van der Waals surface area contributed by atoms with Crippen molar-refractivity contribution in [3.05, 3.63) is 76.0 Å². The van der Waals surface area contributed by atoms with Crippen molar-refractivity contribution in [1.82, 2.24) is 14.1 Å². The van der Waals surface area contributed by atoms with Crippen LogP contribution in [0, 0.1) is 0 Å². The molecule has 0 amide bonds. The van der Waals surface area contributed by atoms with Crippen molar-refractivity contribution < 1.29 is 17.9 Å². The van der Waals surface area contributed by atoms with Crippen molar-refractivity contribution in [2.24, 2.45) is 0 Å². The van der Waals surface area contributed by atoms with Gasteiger partial charge in [-0.05, 0) is 43.3 Å². The number of aromatic nitrogens is 2. The summed E-state index contributed by atoms with van der Waals surface area (Å²) in [6.45, 7) is 2.30. The Balaban J connectivity index is 1.75. The van der Waals surface area contributed by atoms with E-state index >= 15 is 0 Å². The van der Waals surface area contributed by atoms with Crippen LogP contribution in [0.4, 0.5) is 0 Å². The zero-order chi connectivity index (χ0) is 21.3. The molecule has 2 heterocycles. The molecule has 1 aliphatic rings. The molecule has 1 aromatic heterocycles. The monoisotopic (exact) mass is 489 g/mol. The van der Waals surface area contributed by atoms with E-state index in [-0.39, 0.29) is 23.7 Å². The number of halogens is 1. The minimum absolute atomic E-state index is 0.0642. The van der Waals surface area contributed by atoms with Crippen molar-refractivity contribution in [1.29, 1.82) is 0 Å². The fourth-order valence-corrected chi connectivity index (χ4v) is 5.17. The van der Waals surface area contributed by atoms with Crippen LogP contribution in [-0.4, -0.2) is 41.6 Å². The Morgan fingerprint density at radius 2 is 1.83 bits per heavy atom. The summed E-state index contributed by atoms with van der Waals surface area (Å²) in [5, 5.41) is 4.50. The fourth-order valence-electron chi connectivity index (χ4n) is 3.50. The molecule has 0 bridgehead atoms. The summed E-state index contributed by atoms with van der Waals surface area (Å²) < 4.78 is 35.4. The van der Waals surface area contributed by atoms with Gasteiger partial charge in [0.15, 0.2) is 5.69 Å². The van der Waals surface area contributed by atoms with Gasteiger partial charge in [0, 0.05) is 29.5 Å². The van der Waals surface area contributed by atoms with E-state index in [0.29, 0.717) is 18.5 Å². The first-order chi connectivity index (χ1) is 14.4. The number of rotatable bonds is 5. The lowest BCUT2D eigenvalue weighted by atomic mass is 10.1. The quantitative estimate of drug-likeness (QED) is 0.511. The molecule has 0 saturated carbocycles. The third-order valence-corrected chi connectivity index (χ3v) is 7.33. The summed E-state index contributed by atoms with van der Waals surface area (Å²) in [5.41, 5.74) is 2.38. The Hall–Kier alpha value is -2.49. The van der Waals surface area contributed by atoms with Crippen LogP contribution in [0.5, 0.6) is 0 Å². The number of hydrogen-bond acceptors (Lipinski definition) is 5. The number of fused-ring (bicyclic) bond motifs is 1. The van der Waals surface area contributed by atoms with Crippen molar-refractivity contribution in [2.45, 2.75) is 24.8 Å². The first-order valence-electron chi connectivity index (χ1n) is 9.51. The van der Waals surface area contributed by atoms with Gasteiger partial charge >= 0.3 is 5.97 Å². The third-order valence-electron chi connectivity index (χ3n) is 4.94. The maximum atomic E-state index is 13.2. The largest absolute Gasteiger partial charge is 0.461 e. The van der Waals surface area contributed by atoms with E-state index in [1.165, 1.54) is 4.31 Å². The topological polar surface area (TPSA) is 81.5 Å². The van der Waals surface area contributed by atoms with Gasteiger partial charge in [0.05, 0.1) is 22.9 Å². The van der Waals surface area contributed by atoms with Crippen molar-refractivity contribution in [2.75, 3.05) is 13.2 Å². The molecule has 3 aromatic rings. The number of ether oxygens (including phenoxy) is 1. The van der Waals surface area contributed by atoms with E-state index in [0.717, 1.165) is 15.9 Å². The molecule has 0 saturated heterocycles. The molecule has 2 aromatic carbocycles. The number of nitrogens with zero attached hydrogens (tertiary/aromatic N) is 3. The highest BCUT2D eigenvalue weighted by Gasteiger charge is 2.34. The molecule has 0 unspecified atom stereocenters. The SMILES string of the molecule is CCOC(=O)c1nn(-c2ccccc2)c2c1CN(S(=O)(=O)c1ccc(Br)cc1)CC2. The fraction of sp³-hybridized carbons (Fsp3) is 0.238. The highest BCUT2D eigenvalue weighted by molar-refractivity contribution is 9.10. The van der Waals surface area contributed by atoms with E-state index in [9.17, 15) is 13.2 Å². The van der Waals surface area contributed by atoms with E-state index in [2.05, 4.69) is 21.0 Å². The molecule has 30 heavy (non-hydrogen) atoms. The summed E-state index contributed by atoms with van der Waals surface area (Å²) in [6, 6.07) is 16.0. The molecule has 0 radical (unpaired) electrons. The van der Waals surface area contributed by atoms with Crippen molar-refractivity contribution in [3.8, 4) is 5.69 Å². The standard InChI is InChI=1S/C21H20BrN3O4S/c1-2-29-21(26)20-18-14-24(30(27,28)17-10-8-15(22)9-11-17)13-12-19(18)25(23-20)16-6-4-3-5-7-16/h3-11H,2,12-14H2,1H3. The number of esters is 1. The molecule has 0 N–H and O–H groups in total. The van der Waals surface area contributed by atoms with Crippen LogP contribution in [0.15, 0.2) is 64.0 Å². The minimum atomic E-state index is -3.71. The number of hydrogen-bond donors (Lipinski definition) is 0. The number of sulfonamides is 1. The lowest BCUT2D eigenvalue weighted by Gasteiger charge is -2.27. The Morgan fingerprint density at radius 1 is 1.13 bits per heavy atom. The second kappa shape index (κ2) is 8.33. The van der Waals surface area contributed by atoms with Crippen LogP contribution in [0.25, 0.3) is 5.69 Å². The molecule has 0 fully saturated rings. The number of benzene rings is 2. The van der Waals surface area contributed by atoms with Gasteiger partial charge in [-0.2, -0.15) is 9.40 Å².